The fourth-order valence-corrected chi connectivity index (χ4v) is 3.17. The smallest absolute Gasteiger partial charge is 0.243 e. The molecule has 0 aliphatic heterocycles. The summed E-state index contributed by atoms with van der Waals surface area (Å²) in [6.07, 6.45) is 0. The van der Waals surface area contributed by atoms with Crippen LogP contribution in [0.15, 0.2) is 29.2 Å². The van der Waals surface area contributed by atoms with E-state index in [1.165, 1.54) is 16.4 Å². The molecule has 0 aliphatic rings. The van der Waals surface area contributed by atoms with E-state index in [1.807, 2.05) is 0 Å². The first-order valence-corrected chi connectivity index (χ1v) is 8.18. The van der Waals surface area contributed by atoms with Gasteiger partial charge in [-0.3, -0.25) is 4.79 Å². The topological polar surface area (TPSA) is 66.5 Å². The number of anilines is 1. The first kappa shape index (κ1) is 16.7. The zero-order valence-corrected chi connectivity index (χ0v) is 13.2. The van der Waals surface area contributed by atoms with Gasteiger partial charge in [0.25, 0.3) is 0 Å². The number of nitrogens with zero attached hydrogens (tertiary/aromatic N) is 1. The summed E-state index contributed by atoms with van der Waals surface area (Å²) in [5.74, 6) is -0.210. The Bertz CT molecular complexity index is 546. The molecule has 0 aliphatic carbocycles. The highest BCUT2D eigenvalue weighted by Gasteiger charge is 2.21. The average Bonchev–Trinajstić information content (AvgIpc) is 2.40. The quantitative estimate of drug-likeness (QED) is 0.876. The van der Waals surface area contributed by atoms with E-state index in [0.29, 0.717) is 18.8 Å². The molecule has 1 rings (SSSR count). The lowest BCUT2D eigenvalue weighted by Gasteiger charge is -2.18. The lowest BCUT2D eigenvalue weighted by Crippen LogP contribution is -2.30. The molecule has 0 atom stereocenters. The Hall–Kier alpha value is -1.40. The zero-order chi connectivity index (χ0) is 15.3. The molecule has 0 fully saturated rings. The van der Waals surface area contributed by atoms with Gasteiger partial charge in [0.15, 0.2) is 0 Å². The largest absolute Gasteiger partial charge is 0.326 e. The van der Waals surface area contributed by atoms with Crippen molar-refractivity contribution < 1.29 is 13.2 Å². The van der Waals surface area contributed by atoms with Gasteiger partial charge in [0.1, 0.15) is 0 Å². The van der Waals surface area contributed by atoms with Gasteiger partial charge >= 0.3 is 0 Å². The standard InChI is InChI=1S/C14H22N2O3S/c1-5-16(6-2)20(18,19)13-9-7-12(8-10-13)15-14(17)11(3)4/h7-11H,5-6H2,1-4H3,(H,15,17). The molecule has 0 saturated carbocycles. The average molecular weight is 298 g/mol. The third-order valence-electron chi connectivity index (χ3n) is 2.99. The Balaban J connectivity index is 2.94. The summed E-state index contributed by atoms with van der Waals surface area (Å²) in [5.41, 5.74) is 0.599. The van der Waals surface area contributed by atoms with E-state index in [-0.39, 0.29) is 16.7 Å². The Morgan fingerprint density at radius 1 is 1.15 bits per heavy atom. The molecule has 0 radical (unpaired) electrons. The monoisotopic (exact) mass is 298 g/mol. The van der Waals surface area contributed by atoms with Crippen molar-refractivity contribution in [2.75, 3.05) is 18.4 Å². The molecular weight excluding hydrogens is 276 g/mol. The van der Waals surface area contributed by atoms with Crippen LogP contribution >= 0.6 is 0 Å². The molecule has 0 unspecified atom stereocenters. The van der Waals surface area contributed by atoms with Crippen molar-refractivity contribution in [2.45, 2.75) is 32.6 Å². The molecule has 0 aromatic heterocycles. The Kier molecular flexibility index (Phi) is 5.71. The maximum absolute atomic E-state index is 12.3. The highest BCUT2D eigenvalue weighted by Crippen LogP contribution is 2.18. The van der Waals surface area contributed by atoms with Gasteiger partial charge in [0, 0.05) is 24.7 Å². The van der Waals surface area contributed by atoms with Crippen LogP contribution in [0.25, 0.3) is 0 Å². The minimum Gasteiger partial charge on any atom is -0.326 e. The molecule has 112 valence electrons. The van der Waals surface area contributed by atoms with Gasteiger partial charge in [-0.1, -0.05) is 27.7 Å². The molecule has 5 nitrogen and oxygen atoms in total. The fourth-order valence-electron chi connectivity index (χ4n) is 1.71. The summed E-state index contributed by atoms with van der Waals surface area (Å²) in [4.78, 5) is 11.8. The lowest BCUT2D eigenvalue weighted by molar-refractivity contribution is -0.118. The SMILES string of the molecule is CCN(CC)S(=O)(=O)c1ccc(NC(=O)C(C)C)cc1. The van der Waals surface area contributed by atoms with Crippen molar-refractivity contribution >= 4 is 21.6 Å². The summed E-state index contributed by atoms with van der Waals surface area (Å²) in [5, 5.41) is 2.73. The van der Waals surface area contributed by atoms with Crippen LogP contribution in [0, 0.1) is 5.92 Å². The molecule has 1 amide bonds. The normalized spacial score (nSPS) is 11.9. The number of sulfonamides is 1. The molecule has 1 N–H and O–H groups in total. The zero-order valence-electron chi connectivity index (χ0n) is 12.4. The van der Waals surface area contributed by atoms with Crippen LogP contribution < -0.4 is 5.32 Å². The first-order valence-electron chi connectivity index (χ1n) is 6.74. The maximum Gasteiger partial charge on any atom is 0.243 e. The minimum atomic E-state index is -3.44. The predicted octanol–water partition coefficient (Wildman–Crippen LogP) is 2.31. The Labute approximate surface area is 121 Å². The number of carbonyl (C=O) groups is 1. The fraction of sp³-hybridized carbons (Fsp3) is 0.500. The number of hydrogen-bond acceptors (Lipinski definition) is 3. The minimum absolute atomic E-state index is 0.0932. The summed E-state index contributed by atoms with van der Waals surface area (Å²) >= 11 is 0. The second-order valence-corrected chi connectivity index (χ2v) is 6.70. The lowest BCUT2D eigenvalue weighted by atomic mass is 10.2. The molecule has 1 aromatic rings. The van der Waals surface area contributed by atoms with E-state index >= 15 is 0 Å². The highest BCUT2D eigenvalue weighted by molar-refractivity contribution is 7.89. The number of carbonyl (C=O) groups excluding carboxylic acids is 1. The number of nitrogens with one attached hydrogen (secondary N) is 1. The van der Waals surface area contributed by atoms with E-state index in [9.17, 15) is 13.2 Å². The van der Waals surface area contributed by atoms with Gasteiger partial charge in [-0.2, -0.15) is 4.31 Å². The third kappa shape index (κ3) is 3.80. The van der Waals surface area contributed by atoms with E-state index in [1.54, 1.807) is 39.8 Å². The predicted molar refractivity (Wildman–Crippen MR) is 80.0 cm³/mol. The van der Waals surface area contributed by atoms with Crippen molar-refractivity contribution in [1.29, 1.82) is 0 Å². The molecule has 1 aromatic carbocycles. The molecule has 0 heterocycles. The van der Waals surface area contributed by atoms with Crippen LogP contribution in [0.5, 0.6) is 0 Å². The van der Waals surface area contributed by atoms with Crippen molar-refractivity contribution in [3.8, 4) is 0 Å². The second-order valence-electron chi connectivity index (χ2n) is 4.76. The van der Waals surface area contributed by atoms with Crippen LogP contribution in [0.2, 0.25) is 0 Å². The summed E-state index contributed by atoms with van der Waals surface area (Å²) < 4.78 is 25.9. The Morgan fingerprint density at radius 2 is 1.65 bits per heavy atom. The molecular formula is C14H22N2O3S. The second kappa shape index (κ2) is 6.85. The van der Waals surface area contributed by atoms with Crippen molar-refractivity contribution in [3.63, 3.8) is 0 Å². The van der Waals surface area contributed by atoms with E-state index in [2.05, 4.69) is 5.32 Å². The van der Waals surface area contributed by atoms with E-state index < -0.39 is 10.0 Å². The summed E-state index contributed by atoms with van der Waals surface area (Å²) in [6, 6.07) is 6.25. The van der Waals surface area contributed by atoms with Gasteiger partial charge in [-0.15, -0.1) is 0 Å². The van der Waals surface area contributed by atoms with Crippen LogP contribution in [0.4, 0.5) is 5.69 Å². The van der Waals surface area contributed by atoms with Crippen LogP contribution in [-0.4, -0.2) is 31.7 Å². The van der Waals surface area contributed by atoms with Gasteiger partial charge in [-0.25, -0.2) is 8.42 Å². The molecule has 20 heavy (non-hydrogen) atoms. The van der Waals surface area contributed by atoms with Crippen molar-refractivity contribution in [2.24, 2.45) is 5.92 Å². The highest BCUT2D eigenvalue weighted by atomic mass is 32.2. The summed E-state index contributed by atoms with van der Waals surface area (Å²) in [7, 11) is -3.44. The van der Waals surface area contributed by atoms with Crippen molar-refractivity contribution in [1.82, 2.24) is 4.31 Å². The van der Waals surface area contributed by atoms with E-state index in [4.69, 9.17) is 0 Å². The molecule has 0 saturated heterocycles. The summed E-state index contributed by atoms with van der Waals surface area (Å²) in [6.45, 7) is 8.08. The first-order chi connectivity index (χ1) is 9.32. The number of hydrogen-bond donors (Lipinski definition) is 1. The van der Waals surface area contributed by atoms with Gasteiger partial charge in [0.2, 0.25) is 15.9 Å². The number of rotatable bonds is 6. The van der Waals surface area contributed by atoms with Gasteiger partial charge < -0.3 is 5.32 Å². The van der Waals surface area contributed by atoms with Gasteiger partial charge in [-0.05, 0) is 24.3 Å². The molecule has 0 spiro atoms. The van der Waals surface area contributed by atoms with Crippen LogP contribution in [0.1, 0.15) is 27.7 Å². The van der Waals surface area contributed by atoms with Crippen LogP contribution in [0.3, 0.4) is 0 Å². The molecule has 6 heteroatoms. The van der Waals surface area contributed by atoms with Gasteiger partial charge in [0.05, 0.1) is 4.90 Å². The Morgan fingerprint density at radius 3 is 2.05 bits per heavy atom. The maximum atomic E-state index is 12.3. The van der Waals surface area contributed by atoms with E-state index in [0.717, 1.165) is 0 Å². The number of amides is 1. The van der Waals surface area contributed by atoms with Crippen LogP contribution in [-0.2, 0) is 14.8 Å². The third-order valence-corrected chi connectivity index (χ3v) is 5.05. The van der Waals surface area contributed by atoms with Crippen molar-refractivity contribution in [3.05, 3.63) is 24.3 Å². The number of benzene rings is 1. The molecule has 0 bridgehead atoms.